The van der Waals surface area contributed by atoms with Gasteiger partial charge in [0, 0.05) is 62.8 Å². The van der Waals surface area contributed by atoms with Gasteiger partial charge in [-0.25, -0.2) is 4.79 Å². The lowest BCUT2D eigenvalue weighted by Crippen LogP contribution is -2.51. The molecule has 8 nitrogen and oxygen atoms in total. The molecular weight excluding hydrogens is 430 g/mol. The molecule has 3 heterocycles. The van der Waals surface area contributed by atoms with Crippen molar-refractivity contribution in [2.24, 2.45) is 0 Å². The van der Waals surface area contributed by atoms with Crippen molar-refractivity contribution in [1.29, 1.82) is 0 Å². The lowest BCUT2D eigenvalue weighted by molar-refractivity contribution is -0.139. The van der Waals surface area contributed by atoms with Gasteiger partial charge in [0.05, 0.1) is 17.5 Å². The third-order valence-electron chi connectivity index (χ3n) is 6.79. The first-order chi connectivity index (χ1) is 16.6. The Morgan fingerprint density at radius 3 is 2.18 bits per heavy atom. The molecule has 1 N–H and O–H groups in total. The van der Waals surface area contributed by atoms with Crippen LogP contribution in [0.5, 0.6) is 0 Å². The minimum Gasteiger partial charge on any atom is -0.361 e. The van der Waals surface area contributed by atoms with Gasteiger partial charge in [0.2, 0.25) is 11.8 Å². The molecule has 0 unspecified atom stereocenters. The summed E-state index contributed by atoms with van der Waals surface area (Å²) in [5.41, 5.74) is 3.70. The van der Waals surface area contributed by atoms with E-state index in [1.54, 1.807) is 14.0 Å². The Balaban J connectivity index is 1.17. The molecule has 1 aliphatic rings. The zero-order valence-corrected chi connectivity index (χ0v) is 19.4. The number of carbonyl (C=O) groups excluding carboxylic acids is 2. The van der Waals surface area contributed by atoms with E-state index in [9.17, 15) is 14.4 Å². The van der Waals surface area contributed by atoms with Crippen molar-refractivity contribution < 1.29 is 9.59 Å². The summed E-state index contributed by atoms with van der Waals surface area (Å²) >= 11 is 0. The van der Waals surface area contributed by atoms with E-state index in [0.29, 0.717) is 45.7 Å². The third kappa shape index (κ3) is 4.00. The van der Waals surface area contributed by atoms with Crippen LogP contribution in [0.15, 0.2) is 59.5 Å². The van der Waals surface area contributed by atoms with Gasteiger partial charge in [-0.15, -0.1) is 0 Å². The highest BCUT2D eigenvalue weighted by Gasteiger charge is 2.25. The van der Waals surface area contributed by atoms with Crippen molar-refractivity contribution in [1.82, 2.24) is 23.9 Å². The van der Waals surface area contributed by atoms with Crippen molar-refractivity contribution >= 4 is 33.8 Å². The van der Waals surface area contributed by atoms with Crippen LogP contribution in [0.4, 0.5) is 0 Å². The van der Waals surface area contributed by atoms with E-state index in [1.165, 1.54) is 0 Å². The maximum Gasteiger partial charge on any atom is 0.329 e. The number of benzene rings is 2. The summed E-state index contributed by atoms with van der Waals surface area (Å²) < 4.78 is 3.43. The van der Waals surface area contributed by atoms with Crippen LogP contribution >= 0.6 is 0 Å². The second-order valence-corrected chi connectivity index (χ2v) is 8.72. The van der Waals surface area contributed by atoms with E-state index in [4.69, 9.17) is 0 Å². The number of piperazine rings is 1. The average Bonchev–Trinajstić information content (AvgIpc) is 3.40. The van der Waals surface area contributed by atoms with Gasteiger partial charge in [-0.05, 0) is 30.7 Å². The molecule has 5 rings (SSSR count). The molecule has 0 atom stereocenters. The Hall–Kier alpha value is -3.81. The van der Waals surface area contributed by atoms with E-state index in [2.05, 4.69) is 4.98 Å². The van der Waals surface area contributed by atoms with Crippen LogP contribution in [0.1, 0.15) is 18.9 Å². The highest BCUT2D eigenvalue weighted by atomic mass is 16.2. The molecule has 2 aromatic heterocycles. The molecular formula is C26H29N5O3. The first kappa shape index (κ1) is 22.0. The number of aromatic amines is 1. The summed E-state index contributed by atoms with van der Waals surface area (Å²) in [7, 11) is 0. The highest BCUT2D eigenvalue weighted by molar-refractivity contribution is 5.89. The fourth-order valence-corrected chi connectivity index (χ4v) is 4.92. The van der Waals surface area contributed by atoms with Crippen molar-refractivity contribution in [3.8, 4) is 0 Å². The second-order valence-electron chi connectivity index (χ2n) is 8.72. The molecule has 176 valence electrons. The number of imidazole rings is 1. The number of nitrogens with one attached hydrogen (secondary N) is 1. The molecule has 0 aliphatic carbocycles. The number of para-hydroxylation sites is 3. The monoisotopic (exact) mass is 459 g/mol. The number of carbonyl (C=O) groups is 2. The number of hydrogen-bond acceptors (Lipinski definition) is 3. The Bertz CT molecular complexity index is 1400. The third-order valence-corrected chi connectivity index (χ3v) is 6.79. The lowest BCUT2D eigenvalue weighted by atomic mass is 10.1. The van der Waals surface area contributed by atoms with E-state index in [1.807, 2.05) is 66.6 Å². The number of H-pyrrole nitrogens is 1. The SMILES string of the molecule is CCn1c(=O)n(CCC(=O)N2CCN(C(=O)Cc3c[nH]c4ccccc34)CC2)c2ccccc21. The van der Waals surface area contributed by atoms with E-state index in [-0.39, 0.29) is 23.9 Å². The zero-order valence-electron chi connectivity index (χ0n) is 19.4. The Labute approximate surface area is 197 Å². The molecule has 34 heavy (non-hydrogen) atoms. The van der Waals surface area contributed by atoms with Crippen LogP contribution in [0.2, 0.25) is 0 Å². The van der Waals surface area contributed by atoms with Gasteiger partial charge in [-0.2, -0.15) is 0 Å². The fraction of sp³-hybridized carbons (Fsp3) is 0.346. The summed E-state index contributed by atoms with van der Waals surface area (Å²) in [4.78, 5) is 45.4. The van der Waals surface area contributed by atoms with Gasteiger partial charge in [0.1, 0.15) is 0 Å². The van der Waals surface area contributed by atoms with E-state index >= 15 is 0 Å². The van der Waals surface area contributed by atoms with Crippen molar-refractivity contribution in [2.75, 3.05) is 26.2 Å². The molecule has 2 aromatic carbocycles. The Kier molecular flexibility index (Phi) is 5.96. The van der Waals surface area contributed by atoms with Gasteiger partial charge in [0.25, 0.3) is 0 Å². The molecule has 2 amide bonds. The Morgan fingerprint density at radius 1 is 0.853 bits per heavy atom. The maximum absolute atomic E-state index is 12.9. The fourth-order valence-electron chi connectivity index (χ4n) is 4.92. The summed E-state index contributed by atoms with van der Waals surface area (Å²) in [6.07, 6.45) is 2.52. The quantitative estimate of drug-likeness (QED) is 0.481. The molecule has 1 fully saturated rings. The normalized spacial score (nSPS) is 14.3. The smallest absolute Gasteiger partial charge is 0.329 e. The predicted octanol–water partition coefficient (Wildman–Crippen LogP) is 2.61. The molecule has 4 aromatic rings. The zero-order chi connectivity index (χ0) is 23.7. The van der Waals surface area contributed by atoms with Crippen LogP contribution in [0, 0.1) is 0 Å². The largest absolute Gasteiger partial charge is 0.361 e. The van der Waals surface area contributed by atoms with Gasteiger partial charge in [0.15, 0.2) is 0 Å². The average molecular weight is 460 g/mol. The molecule has 1 aliphatic heterocycles. The van der Waals surface area contributed by atoms with Crippen LogP contribution in [0.25, 0.3) is 21.9 Å². The van der Waals surface area contributed by atoms with E-state index in [0.717, 1.165) is 27.5 Å². The maximum atomic E-state index is 12.9. The topological polar surface area (TPSA) is 83.3 Å². The van der Waals surface area contributed by atoms with E-state index < -0.39 is 0 Å². The number of aryl methyl sites for hydroxylation is 2. The Morgan fingerprint density at radius 2 is 1.47 bits per heavy atom. The van der Waals surface area contributed by atoms with Crippen LogP contribution < -0.4 is 5.69 Å². The molecule has 8 heteroatoms. The first-order valence-electron chi connectivity index (χ1n) is 11.9. The van der Waals surface area contributed by atoms with Gasteiger partial charge in [-0.3, -0.25) is 18.7 Å². The van der Waals surface area contributed by atoms with Gasteiger partial charge < -0.3 is 14.8 Å². The van der Waals surface area contributed by atoms with Crippen molar-refractivity contribution in [3.63, 3.8) is 0 Å². The number of fused-ring (bicyclic) bond motifs is 2. The summed E-state index contributed by atoms with van der Waals surface area (Å²) in [6.45, 7) is 4.99. The highest BCUT2D eigenvalue weighted by Crippen LogP contribution is 2.19. The number of hydrogen-bond donors (Lipinski definition) is 1. The van der Waals surface area contributed by atoms with Crippen molar-refractivity contribution in [3.05, 3.63) is 70.8 Å². The van der Waals surface area contributed by atoms with Gasteiger partial charge in [-0.1, -0.05) is 30.3 Å². The van der Waals surface area contributed by atoms with Crippen LogP contribution in [0.3, 0.4) is 0 Å². The number of aromatic nitrogens is 3. The van der Waals surface area contributed by atoms with Crippen LogP contribution in [-0.2, 0) is 29.1 Å². The summed E-state index contributed by atoms with van der Waals surface area (Å²) in [5, 5.41) is 1.07. The standard InChI is InChI=1S/C26H29N5O3/c1-2-30-22-9-5-6-10-23(22)31(26(30)34)12-11-24(32)28-13-15-29(16-14-28)25(33)17-19-18-27-21-8-4-3-7-20(19)21/h3-10,18,27H,2,11-17H2,1H3. The molecule has 0 spiro atoms. The minimum atomic E-state index is -0.0794. The molecule has 0 saturated carbocycles. The second kappa shape index (κ2) is 9.21. The van der Waals surface area contributed by atoms with Gasteiger partial charge >= 0.3 is 5.69 Å². The number of rotatable bonds is 6. The first-order valence-corrected chi connectivity index (χ1v) is 11.9. The molecule has 0 radical (unpaired) electrons. The molecule has 1 saturated heterocycles. The summed E-state index contributed by atoms with van der Waals surface area (Å²) in [6, 6.07) is 15.7. The van der Waals surface area contributed by atoms with Crippen molar-refractivity contribution in [2.45, 2.75) is 32.9 Å². The summed E-state index contributed by atoms with van der Waals surface area (Å²) in [5.74, 6) is 0.0970. The lowest BCUT2D eigenvalue weighted by Gasteiger charge is -2.35. The minimum absolute atomic E-state index is 0.0176. The number of amides is 2. The van der Waals surface area contributed by atoms with Crippen LogP contribution in [-0.4, -0.2) is 61.9 Å². The number of nitrogens with zero attached hydrogens (tertiary/aromatic N) is 4. The predicted molar refractivity (Wildman–Crippen MR) is 132 cm³/mol. The molecule has 0 bridgehead atoms.